The number of carbonyl (C=O) groups excluding carboxylic acids is 1. The molecule has 0 saturated carbocycles. The topological polar surface area (TPSA) is 81.8 Å². The molecule has 0 radical (unpaired) electrons. The number of nitrogens with zero attached hydrogens (tertiary/aromatic N) is 4. The molecule has 0 saturated heterocycles. The van der Waals surface area contributed by atoms with E-state index in [1.807, 2.05) is 31.7 Å². The maximum Gasteiger partial charge on any atom is 0.267 e. The van der Waals surface area contributed by atoms with Crippen molar-refractivity contribution in [3.63, 3.8) is 0 Å². The fourth-order valence-corrected chi connectivity index (χ4v) is 2.43. The molecule has 2 heterocycles. The van der Waals surface area contributed by atoms with Crippen molar-refractivity contribution in [1.82, 2.24) is 24.6 Å². The smallest absolute Gasteiger partial charge is 0.267 e. The number of rotatable bonds is 6. The molecule has 0 aromatic carbocycles. The molecule has 2 aromatic heterocycles. The summed E-state index contributed by atoms with van der Waals surface area (Å²) in [5.74, 6) is 0.560. The molecule has 0 bridgehead atoms. The molecule has 124 valence electrons. The highest BCUT2D eigenvalue weighted by Gasteiger charge is 2.18. The normalized spacial score (nSPS) is 12.2. The Morgan fingerprint density at radius 2 is 2.13 bits per heavy atom. The predicted molar refractivity (Wildman–Crippen MR) is 87.0 cm³/mol. The van der Waals surface area contributed by atoms with E-state index in [0.717, 1.165) is 29.9 Å². The van der Waals surface area contributed by atoms with Gasteiger partial charge in [-0.05, 0) is 25.8 Å². The van der Waals surface area contributed by atoms with E-state index < -0.39 is 0 Å². The van der Waals surface area contributed by atoms with Crippen LogP contribution in [0.5, 0.6) is 0 Å². The molecule has 1 amide bonds. The first-order valence-corrected chi connectivity index (χ1v) is 7.74. The van der Waals surface area contributed by atoms with Gasteiger partial charge in [0.25, 0.3) is 5.56 Å². The summed E-state index contributed by atoms with van der Waals surface area (Å²) in [6.07, 6.45) is 5.25. The largest absolute Gasteiger partial charge is 0.345 e. The Balaban J connectivity index is 2.13. The summed E-state index contributed by atoms with van der Waals surface area (Å²) in [5, 5.41) is 7.12. The fraction of sp³-hybridized carbons (Fsp3) is 0.500. The molecule has 2 rings (SSSR count). The Morgan fingerprint density at radius 3 is 2.74 bits per heavy atom. The number of amides is 1. The van der Waals surface area contributed by atoms with Gasteiger partial charge in [0.05, 0.1) is 11.7 Å². The van der Waals surface area contributed by atoms with E-state index in [0.29, 0.717) is 0 Å². The molecule has 1 N–H and O–H groups in total. The molecule has 0 aliphatic heterocycles. The first-order chi connectivity index (χ1) is 10.9. The van der Waals surface area contributed by atoms with E-state index in [-0.39, 0.29) is 24.1 Å². The Morgan fingerprint density at radius 1 is 1.39 bits per heavy atom. The average Bonchev–Trinajstić information content (AvgIpc) is 2.90. The Bertz CT molecular complexity index is 747. The molecule has 1 atom stereocenters. The number of hydrogen-bond donors (Lipinski definition) is 1. The van der Waals surface area contributed by atoms with Crippen LogP contribution >= 0.6 is 0 Å². The Labute approximate surface area is 135 Å². The molecular formula is C16H23N5O2. The van der Waals surface area contributed by atoms with Crippen LogP contribution < -0.4 is 10.9 Å². The third-order valence-corrected chi connectivity index (χ3v) is 3.81. The Hall–Kier alpha value is -2.44. The number of imidazole rings is 1. The SMILES string of the molecule is CCC[C@@H](NC(=O)Cn1nc(C)c(C)cc1=O)c1nccn1C. The molecule has 0 spiro atoms. The minimum Gasteiger partial charge on any atom is -0.345 e. The highest BCUT2D eigenvalue weighted by molar-refractivity contribution is 5.76. The van der Waals surface area contributed by atoms with Crippen molar-refractivity contribution in [1.29, 1.82) is 0 Å². The second-order valence-corrected chi connectivity index (χ2v) is 5.71. The van der Waals surface area contributed by atoms with Gasteiger partial charge < -0.3 is 9.88 Å². The molecule has 0 aliphatic carbocycles. The fourth-order valence-electron chi connectivity index (χ4n) is 2.43. The van der Waals surface area contributed by atoms with E-state index in [9.17, 15) is 9.59 Å². The summed E-state index contributed by atoms with van der Waals surface area (Å²) in [6.45, 7) is 5.60. The Kier molecular flexibility index (Phi) is 5.31. The molecule has 23 heavy (non-hydrogen) atoms. The molecule has 0 unspecified atom stereocenters. The standard InChI is InChI=1S/C16H23N5O2/c1-5-6-13(16-17-7-8-20(16)4)18-14(22)10-21-15(23)9-11(2)12(3)19-21/h7-9,13H,5-6,10H2,1-4H3,(H,18,22)/t13-/m1/s1. The van der Waals surface area contributed by atoms with Gasteiger partial charge >= 0.3 is 0 Å². The van der Waals surface area contributed by atoms with Crippen molar-refractivity contribution in [2.24, 2.45) is 7.05 Å². The van der Waals surface area contributed by atoms with Crippen LogP contribution in [0.4, 0.5) is 0 Å². The summed E-state index contributed by atoms with van der Waals surface area (Å²) in [5.41, 5.74) is 1.29. The highest BCUT2D eigenvalue weighted by Crippen LogP contribution is 2.15. The van der Waals surface area contributed by atoms with E-state index in [2.05, 4.69) is 22.3 Å². The number of hydrogen-bond acceptors (Lipinski definition) is 4. The van der Waals surface area contributed by atoms with Crippen molar-refractivity contribution in [3.05, 3.63) is 45.9 Å². The monoisotopic (exact) mass is 317 g/mol. The van der Waals surface area contributed by atoms with E-state index in [4.69, 9.17) is 0 Å². The molecule has 7 nitrogen and oxygen atoms in total. The number of aryl methyl sites for hydroxylation is 3. The van der Waals surface area contributed by atoms with Crippen molar-refractivity contribution < 1.29 is 4.79 Å². The van der Waals surface area contributed by atoms with Crippen molar-refractivity contribution in [2.45, 2.75) is 46.2 Å². The van der Waals surface area contributed by atoms with Crippen LogP contribution in [0.25, 0.3) is 0 Å². The number of aromatic nitrogens is 4. The van der Waals surface area contributed by atoms with E-state index >= 15 is 0 Å². The molecule has 0 aliphatic rings. The van der Waals surface area contributed by atoms with E-state index in [1.54, 1.807) is 6.20 Å². The molecule has 2 aromatic rings. The van der Waals surface area contributed by atoms with Gasteiger partial charge in [-0.25, -0.2) is 9.67 Å². The van der Waals surface area contributed by atoms with E-state index in [1.165, 1.54) is 10.7 Å². The third kappa shape index (κ3) is 4.06. The van der Waals surface area contributed by atoms with Crippen molar-refractivity contribution in [3.8, 4) is 0 Å². The molecule has 7 heteroatoms. The first-order valence-electron chi connectivity index (χ1n) is 7.74. The highest BCUT2D eigenvalue weighted by atomic mass is 16.2. The number of carbonyl (C=O) groups is 1. The van der Waals surface area contributed by atoms with Gasteiger partial charge in [-0.1, -0.05) is 13.3 Å². The van der Waals surface area contributed by atoms with Crippen LogP contribution in [0.3, 0.4) is 0 Å². The quantitative estimate of drug-likeness (QED) is 0.869. The van der Waals surface area contributed by atoms with Gasteiger partial charge in [-0.2, -0.15) is 5.10 Å². The van der Waals surface area contributed by atoms with Gasteiger partial charge in [0, 0.05) is 25.5 Å². The minimum atomic E-state index is -0.271. The van der Waals surface area contributed by atoms with Crippen LogP contribution in [0.1, 0.15) is 42.9 Å². The van der Waals surface area contributed by atoms with Crippen LogP contribution in [-0.4, -0.2) is 25.2 Å². The lowest BCUT2D eigenvalue weighted by Gasteiger charge is -2.18. The second-order valence-electron chi connectivity index (χ2n) is 5.71. The summed E-state index contributed by atoms with van der Waals surface area (Å²) >= 11 is 0. The van der Waals surface area contributed by atoms with Gasteiger partial charge in [-0.3, -0.25) is 9.59 Å². The van der Waals surface area contributed by atoms with Gasteiger partial charge in [0.1, 0.15) is 12.4 Å². The van der Waals surface area contributed by atoms with Gasteiger partial charge in [0.15, 0.2) is 0 Å². The summed E-state index contributed by atoms with van der Waals surface area (Å²) in [6, 6.07) is 1.33. The van der Waals surface area contributed by atoms with Gasteiger partial charge in [0.2, 0.25) is 5.91 Å². The molecule has 0 fully saturated rings. The zero-order chi connectivity index (χ0) is 17.0. The zero-order valence-electron chi connectivity index (χ0n) is 14.0. The maximum absolute atomic E-state index is 12.3. The average molecular weight is 317 g/mol. The summed E-state index contributed by atoms with van der Waals surface area (Å²) < 4.78 is 3.08. The zero-order valence-corrected chi connectivity index (χ0v) is 14.0. The lowest BCUT2D eigenvalue weighted by molar-refractivity contribution is -0.122. The predicted octanol–water partition coefficient (Wildman–Crippen LogP) is 1.25. The van der Waals surface area contributed by atoms with Crippen LogP contribution in [0, 0.1) is 13.8 Å². The lowest BCUT2D eigenvalue weighted by Crippen LogP contribution is -2.36. The van der Waals surface area contributed by atoms with Gasteiger partial charge in [-0.15, -0.1) is 0 Å². The van der Waals surface area contributed by atoms with Crippen LogP contribution in [0.2, 0.25) is 0 Å². The molecular weight excluding hydrogens is 294 g/mol. The second kappa shape index (κ2) is 7.21. The van der Waals surface area contributed by atoms with Crippen molar-refractivity contribution >= 4 is 5.91 Å². The third-order valence-electron chi connectivity index (χ3n) is 3.81. The first kappa shape index (κ1) is 16.9. The van der Waals surface area contributed by atoms with Crippen LogP contribution in [-0.2, 0) is 18.4 Å². The lowest BCUT2D eigenvalue weighted by atomic mass is 10.1. The van der Waals surface area contributed by atoms with Crippen LogP contribution in [0.15, 0.2) is 23.3 Å². The minimum absolute atomic E-state index is 0.0927. The number of nitrogens with one attached hydrogen (secondary N) is 1. The van der Waals surface area contributed by atoms with Crippen molar-refractivity contribution in [2.75, 3.05) is 0 Å². The summed E-state index contributed by atoms with van der Waals surface area (Å²) in [7, 11) is 1.90. The summed E-state index contributed by atoms with van der Waals surface area (Å²) in [4.78, 5) is 28.5. The maximum atomic E-state index is 12.3.